The molecule has 6 nitrogen and oxygen atoms in total. The molecular weight excluding hydrogens is 452 g/mol. The maximum Gasteiger partial charge on any atom is 0.434 e. The Balaban J connectivity index is 1.60. The number of piperidine rings is 1. The summed E-state index contributed by atoms with van der Waals surface area (Å²) in [5.41, 5.74) is -1.53. The molecular formula is C19H20F4N6S2. The summed E-state index contributed by atoms with van der Waals surface area (Å²) < 4.78 is 57.7. The zero-order valence-electron chi connectivity index (χ0n) is 16.6. The van der Waals surface area contributed by atoms with Gasteiger partial charge in [0.15, 0.2) is 11.5 Å². The Morgan fingerprint density at radius 1 is 1.26 bits per heavy atom. The van der Waals surface area contributed by atoms with Gasteiger partial charge in [0.1, 0.15) is 5.69 Å². The first-order valence-corrected chi connectivity index (χ1v) is 11.8. The molecule has 0 radical (unpaired) electrons. The molecule has 2 aromatic rings. The van der Waals surface area contributed by atoms with Crippen LogP contribution in [-0.2, 0) is 6.18 Å². The highest BCUT2D eigenvalue weighted by molar-refractivity contribution is 7.96. The number of nitrogens with zero attached hydrogens (tertiary/aromatic N) is 5. The minimum Gasteiger partial charge on any atom is -0.351 e. The molecule has 0 unspecified atom stereocenters. The van der Waals surface area contributed by atoms with Crippen molar-refractivity contribution < 1.29 is 17.6 Å². The average Bonchev–Trinajstić information content (AvgIpc) is 3.14. The fourth-order valence-corrected chi connectivity index (χ4v) is 5.53. The summed E-state index contributed by atoms with van der Waals surface area (Å²) >= 11 is 2.47. The van der Waals surface area contributed by atoms with E-state index in [1.54, 1.807) is 11.9 Å². The molecule has 12 heteroatoms. The number of anilines is 1. The van der Waals surface area contributed by atoms with Crippen molar-refractivity contribution in [3.05, 3.63) is 22.7 Å². The lowest BCUT2D eigenvalue weighted by Crippen LogP contribution is -2.35. The van der Waals surface area contributed by atoms with Crippen molar-refractivity contribution in [3.63, 3.8) is 0 Å². The molecule has 166 valence electrons. The lowest BCUT2D eigenvalue weighted by Gasteiger charge is -2.30. The van der Waals surface area contributed by atoms with Gasteiger partial charge in [-0.25, -0.2) is 19.3 Å². The number of hydrogen-bond donors (Lipinski definition) is 1. The third kappa shape index (κ3) is 4.78. The number of aromatic nitrogens is 3. The van der Waals surface area contributed by atoms with Crippen LogP contribution in [0, 0.1) is 23.1 Å². The van der Waals surface area contributed by atoms with Crippen LogP contribution in [0.15, 0.2) is 6.20 Å². The molecule has 1 saturated heterocycles. The molecule has 3 heterocycles. The van der Waals surface area contributed by atoms with Crippen LogP contribution in [0.3, 0.4) is 0 Å². The first-order valence-electron chi connectivity index (χ1n) is 9.84. The van der Waals surface area contributed by atoms with Crippen LogP contribution >= 0.6 is 23.3 Å². The van der Waals surface area contributed by atoms with Gasteiger partial charge in [0.25, 0.3) is 0 Å². The van der Waals surface area contributed by atoms with E-state index in [0.29, 0.717) is 12.8 Å². The number of thiazole rings is 1. The van der Waals surface area contributed by atoms with Crippen LogP contribution < -0.4 is 5.32 Å². The van der Waals surface area contributed by atoms with Gasteiger partial charge in [-0.3, -0.25) is 4.31 Å². The molecule has 31 heavy (non-hydrogen) atoms. The maximum absolute atomic E-state index is 14.5. The first-order chi connectivity index (χ1) is 14.8. The van der Waals surface area contributed by atoms with E-state index >= 15 is 0 Å². The standard InChI is InChI=1S/C19H20F4N6S2/c1-30-29-4-2-12(3-5-29)26-18-25-9-13(20)14(27-18)15-16(19(21,22)23)28-17(31-15)11-6-10(7-11)8-24/h9-12H,2-7H2,1H3,(H,25,26,27). The van der Waals surface area contributed by atoms with Crippen LogP contribution in [0.2, 0.25) is 0 Å². The molecule has 0 bridgehead atoms. The number of alkyl halides is 3. The highest BCUT2D eigenvalue weighted by atomic mass is 32.2. The number of nitriles is 1. The minimum absolute atomic E-state index is 0.0683. The highest BCUT2D eigenvalue weighted by Crippen LogP contribution is 2.48. The number of nitrogens with one attached hydrogen (secondary N) is 1. The molecule has 1 aliphatic carbocycles. The van der Waals surface area contributed by atoms with Gasteiger partial charge in [-0.05, 0) is 31.9 Å². The Bertz CT molecular complexity index is 975. The Labute approximate surface area is 185 Å². The molecule has 2 fully saturated rings. The van der Waals surface area contributed by atoms with Crippen molar-refractivity contribution in [2.45, 2.75) is 43.8 Å². The van der Waals surface area contributed by atoms with E-state index in [2.05, 4.69) is 30.6 Å². The van der Waals surface area contributed by atoms with Gasteiger partial charge < -0.3 is 5.32 Å². The summed E-state index contributed by atoms with van der Waals surface area (Å²) in [6.07, 6.45) is 0.764. The fourth-order valence-electron chi connectivity index (χ4n) is 3.75. The monoisotopic (exact) mass is 472 g/mol. The number of halogens is 4. The predicted octanol–water partition coefficient (Wildman–Crippen LogP) is 4.93. The molecule has 4 rings (SSSR count). The number of hydrogen-bond acceptors (Lipinski definition) is 8. The third-order valence-electron chi connectivity index (χ3n) is 5.59. The maximum atomic E-state index is 14.5. The summed E-state index contributed by atoms with van der Waals surface area (Å²) in [7, 11) is 0. The van der Waals surface area contributed by atoms with Crippen molar-refractivity contribution in [1.82, 2.24) is 19.3 Å². The predicted molar refractivity (Wildman–Crippen MR) is 111 cm³/mol. The van der Waals surface area contributed by atoms with Crippen LogP contribution in [0.1, 0.15) is 42.3 Å². The number of rotatable bonds is 5. The first kappa shape index (κ1) is 22.2. The summed E-state index contributed by atoms with van der Waals surface area (Å²) in [4.78, 5) is 11.5. The molecule has 0 aromatic carbocycles. The van der Waals surface area contributed by atoms with Crippen LogP contribution in [-0.4, -0.2) is 44.6 Å². The van der Waals surface area contributed by atoms with E-state index in [0.717, 1.165) is 43.5 Å². The van der Waals surface area contributed by atoms with Crippen molar-refractivity contribution in [1.29, 1.82) is 5.26 Å². The summed E-state index contributed by atoms with van der Waals surface area (Å²) in [5, 5.41) is 12.3. The zero-order chi connectivity index (χ0) is 22.2. The van der Waals surface area contributed by atoms with E-state index in [-0.39, 0.29) is 33.7 Å². The summed E-state index contributed by atoms with van der Waals surface area (Å²) in [6, 6.07) is 2.18. The second-order valence-corrected chi connectivity index (χ2v) is 9.55. The van der Waals surface area contributed by atoms with Crippen molar-refractivity contribution in [3.8, 4) is 16.6 Å². The van der Waals surface area contributed by atoms with Gasteiger partial charge in [-0.2, -0.15) is 18.4 Å². The fraction of sp³-hybridized carbons (Fsp3) is 0.579. The van der Waals surface area contributed by atoms with E-state index in [1.165, 1.54) is 0 Å². The van der Waals surface area contributed by atoms with E-state index in [4.69, 9.17) is 5.26 Å². The smallest absolute Gasteiger partial charge is 0.351 e. The molecule has 0 spiro atoms. The topological polar surface area (TPSA) is 77.7 Å². The van der Waals surface area contributed by atoms with Crippen molar-refractivity contribution >= 4 is 29.2 Å². The Morgan fingerprint density at radius 2 is 1.97 bits per heavy atom. The van der Waals surface area contributed by atoms with Crippen molar-refractivity contribution in [2.24, 2.45) is 5.92 Å². The second-order valence-electron chi connectivity index (χ2n) is 7.64. The SMILES string of the molecule is CSN1CCC(Nc2ncc(F)c(-c3sc(C4CC(C#N)C4)nc3C(F)(F)F)n2)CC1. The highest BCUT2D eigenvalue weighted by Gasteiger charge is 2.42. The average molecular weight is 473 g/mol. The molecule has 1 saturated carbocycles. The zero-order valence-corrected chi connectivity index (χ0v) is 18.2. The van der Waals surface area contributed by atoms with Crippen LogP contribution in [0.4, 0.5) is 23.5 Å². The van der Waals surface area contributed by atoms with E-state index in [9.17, 15) is 17.6 Å². The van der Waals surface area contributed by atoms with Crippen LogP contribution in [0.5, 0.6) is 0 Å². The van der Waals surface area contributed by atoms with Gasteiger partial charge in [-0.15, -0.1) is 11.3 Å². The molecule has 1 aliphatic heterocycles. The van der Waals surface area contributed by atoms with Gasteiger partial charge in [0.2, 0.25) is 5.95 Å². The lowest BCUT2D eigenvalue weighted by atomic mass is 9.76. The molecule has 2 aliphatic rings. The Hall–Kier alpha value is -1.97. The van der Waals surface area contributed by atoms with Crippen molar-refractivity contribution in [2.75, 3.05) is 24.7 Å². The molecule has 2 aromatic heterocycles. The second kappa shape index (κ2) is 8.88. The van der Waals surface area contributed by atoms with Gasteiger partial charge in [0, 0.05) is 31.0 Å². The lowest BCUT2D eigenvalue weighted by molar-refractivity contribution is -0.140. The molecule has 0 atom stereocenters. The molecule has 1 N–H and O–H groups in total. The van der Waals surface area contributed by atoms with Crippen LogP contribution in [0.25, 0.3) is 10.6 Å². The van der Waals surface area contributed by atoms with Gasteiger partial charge >= 0.3 is 6.18 Å². The largest absolute Gasteiger partial charge is 0.434 e. The summed E-state index contributed by atoms with van der Waals surface area (Å²) in [5.74, 6) is -1.20. The third-order valence-corrected chi connectivity index (χ3v) is 7.69. The van der Waals surface area contributed by atoms with Gasteiger partial charge in [0.05, 0.1) is 22.2 Å². The van der Waals surface area contributed by atoms with Gasteiger partial charge in [-0.1, -0.05) is 11.9 Å². The van der Waals surface area contributed by atoms with E-state index in [1.807, 2.05) is 6.26 Å². The van der Waals surface area contributed by atoms with E-state index < -0.39 is 23.4 Å². The quantitative estimate of drug-likeness (QED) is 0.488. The summed E-state index contributed by atoms with van der Waals surface area (Å²) in [6.45, 7) is 1.74. The Morgan fingerprint density at radius 3 is 2.58 bits per heavy atom. The Kier molecular flexibility index (Phi) is 6.37. The minimum atomic E-state index is -4.74. The normalized spacial score (nSPS) is 22.7. The molecule has 0 amide bonds.